The maximum atomic E-state index is 10.8. The van der Waals surface area contributed by atoms with Gasteiger partial charge in [-0.1, -0.05) is 0 Å². The molecule has 0 atom stereocenters. The average molecular weight is 300 g/mol. The van der Waals surface area contributed by atoms with Crippen LogP contribution in [0.4, 0.5) is 0 Å². The molecule has 19 heavy (non-hydrogen) atoms. The predicted molar refractivity (Wildman–Crippen MR) is 44.0 cm³/mol. The van der Waals surface area contributed by atoms with E-state index >= 15 is 0 Å². The molecule has 0 aromatic heterocycles. The largest absolute Gasteiger partial charge is 1.00 e. The number of aliphatic carboxylic acids is 3. The summed E-state index contributed by atoms with van der Waals surface area (Å²) in [6.45, 7) is -0.0658. The van der Waals surface area contributed by atoms with Gasteiger partial charge < -0.3 is 40.8 Å². The summed E-state index contributed by atoms with van der Waals surface area (Å²) in [6.07, 6.45) is -2.08. The van der Waals surface area contributed by atoms with Crippen LogP contribution in [0.1, 0.15) is 12.8 Å². The summed E-state index contributed by atoms with van der Waals surface area (Å²) in [5, 5.41) is 33.8. The second-order valence-electron chi connectivity index (χ2n) is 3.18. The molecule has 3 N–H and O–H groups in total. The molecule has 0 aromatic carbocycles. The second-order valence-corrected chi connectivity index (χ2v) is 3.18. The molecule has 0 aliphatic heterocycles. The number of carbonyl (C=O) groups excluding carboxylic acids is 3. The molecular weight excluding hydrogens is 289 g/mol. The summed E-state index contributed by atoms with van der Waals surface area (Å²) in [4.78, 5) is 31.6. The Balaban J connectivity index is -0.000000375. The van der Waals surface area contributed by atoms with Gasteiger partial charge in [-0.3, -0.25) is 0 Å². The SMILES string of the molecule is NCCNC(CC(=O)[O-])(CC(=O)[O-])C(=O)[O-].[Na+].[Na+].[Na+]. The van der Waals surface area contributed by atoms with Crippen LogP contribution in [0.5, 0.6) is 0 Å². The predicted octanol–water partition coefficient (Wildman–Crippen LogP) is -14.7. The zero-order chi connectivity index (χ0) is 12.8. The summed E-state index contributed by atoms with van der Waals surface area (Å²) in [5.41, 5.74) is 2.84. The van der Waals surface area contributed by atoms with E-state index in [1.807, 2.05) is 0 Å². The van der Waals surface area contributed by atoms with Crippen LogP contribution in [0.25, 0.3) is 0 Å². The van der Waals surface area contributed by atoms with Crippen molar-refractivity contribution in [3.05, 3.63) is 0 Å². The number of rotatable bonds is 8. The Morgan fingerprint density at radius 1 is 0.947 bits per heavy atom. The topological polar surface area (TPSA) is 158 Å². The molecule has 0 aliphatic carbocycles. The quantitative estimate of drug-likeness (QED) is 0.418. The Labute approximate surface area is 176 Å². The zero-order valence-corrected chi connectivity index (χ0v) is 17.4. The normalized spacial score (nSPS) is 9.32. The van der Waals surface area contributed by atoms with Gasteiger partial charge in [-0.05, 0) is 0 Å². The molecule has 0 heterocycles. The van der Waals surface area contributed by atoms with Crippen LogP contribution in [0.3, 0.4) is 0 Å². The molecule has 0 saturated heterocycles. The van der Waals surface area contributed by atoms with Crippen molar-refractivity contribution in [2.75, 3.05) is 13.1 Å². The van der Waals surface area contributed by atoms with Crippen LogP contribution in [0.2, 0.25) is 0 Å². The van der Waals surface area contributed by atoms with Crippen molar-refractivity contribution in [3.63, 3.8) is 0 Å². The maximum Gasteiger partial charge on any atom is 1.00 e. The summed E-state index contributed by atoms with van der Waals surface area (Å²) in [5.74, 6) is -5.28. The smallest absolute Gasteiger partial charge is 0.550 e. The molecule has 0 fully saturated rings. The zero-order valence-electron chi connectivity index (χ0n) is 11.4. The standard InChI is InChI=1S/C8H14N2O6.3Na/c9-1-2-10-8(7(15)16,3-5(11)12)4-6(13)14;;;/h10H,1-4,9H2,(H,11,12)(H,13,14)(H,15,16);;;/q;3*+1/p-3. The molecule has 0 unspecified atom stereocenters. The summed E-state index contributed by atoms with van der Waals surface area (Å²) in [6, 6.07) is 0. The maximum absolute atomic E-state index is 10.8. The summed E-state index contributed by atoms with van der Waals surface area (Å²) in [7, 11) is 0. The van der Waals surface area contributed by atoms with Crippen molar-refractivity contribution < 1.29 is 118 Å². The van der Waals surface area contributed by atoms with Crippen molar-refractivity contribution in [1.82, 2.24) is 5.32 Å². The Hall–Kier alpha value is 1.33. The fourth-order valence-corrected chi connectivity index (χ4v) is 1.21. The van der Waals surface area contributed by atoms with Crippen molar-refractivity contribution in [3.8, 4) is 0 Å². The van der Waals surface area contributed by atoms with E-state index in [0.29, 0.717) is 0 Å². The monoisotopic (exact) mass is 300 g/mol. The van der Waals surface area contributed by atoms with Crippen LogP contribution >= 0.6 is 0 Å². The van der Waals surface area contributed by atoms with Gasteiger partial charge in [-0.15, -0.1) is 0 Å². The minimum atomic E-state index is -2.25. The molecule has 0 amide bonds. The first-order valence-corrected chi connectivity index (χ1v) is 4.40. The van der Waals surface area contributed by atoms with Gasteiger partial charge in [-0.2, -0.15) is 0 Å². The minimum Gasteiger partial charge on any atom is -0.550 e. The van der Waals surface area contributed by atoms with Crippen molar-refractivity contribution in [2.24, 2.45) is 5.73 Å². The summed E-state index contributed by atoms with van der Waals surface area (Å²) >= 11 is 0. The number of nitrogens with two attached hydrogens (primary N) is 1. The van der Waals surface area contributed by atoms with Gasteiger partial charge in [0.2, 0.25) is 0 Å². The molecule has 0 bridgehead atoms. The Morgan fingerprint density at radius 2 is 1.32 bits per heavy atom. The number of carbonyl (C=O) groups is 3. The van der Waals surface area contributed by atoms with Gasteiger partial charge in [0.25, 0.3) is 0 Å². The number of carboxylic acids is 3. The number of hydrogen-bond donors (Lipinski definition) is 2. The first-order chi connectivity index (χ1) is 7.34. The van der Waals surface area contributed by atoms with E-state index in [9.17, 15) is 29.7 Å². The van der Waals surface area contributed by atoms with E-state index in [0.717, 1.165) is 0 Å². The van der Waals surface area contributed by atoms with Crippen molar-refractivity contribution in [2.45, 2.75) is 18.4 Å². The van der Waals surface area contributed by atoms with Crippen LogP contribution in [0, 0.1) is 0 Å². The first-order valence-electron chi connectivity index (χ1n) is 4.40. The Bertz CT molecular complexity index is 286. The first kappa shape index (κ1) is 28.5. The van der Waals surface area contributed by atoms with Crippen LogP contribution in [0.15, 0.2) is 0 Å². The molecule has 0 rings (SSSR count). The Morgan fingerprint density at radius 3 is 1.53 bits per heavy atom. The van der Waals surface area contributed by atoms with Crippen LogP contribution < -0.4 is 115 Å². The molecule has 0 spiro atoms. The van der Waals surface area contributed by atoms with Gasteiger partial charge in [0, 0.05) is 37.9 Å². The van der Waals surface area contributed by atoms with Gasteiger partial charge >= 0.3 is 88.7 Å². The molecule has 8 nitrogen and oxygen atoms in total. The van der Waals surface area contributed by atoms with E-state index in [1.54, 1.807) is 0 Å². The third kappa shape index (κ3) is 11.6. The molecule has 11 heteroatoms. The van der Waals surface area contributed by atoms with Crippen LogP contribution in [-0.4, -0.2) is 36.5 Å². The molecule has 0 aliphatic rings. The van der Waals surface area contributed by atoms with Gasteiger partial charge in [0.15, 0.2) is 0 Å². The molecule has 92 valence electrons. The van der Waals surface area contributed by atoms with Gasteiger partial charge in [0.05, 0.1) is 11.5 Å². The van der Waals surface area contributed by atoms with Crippen LogP contribution in [-0.2, 0) is 14.4 Å². The van der Waals surface area contributed by atoms with E-state index in [-0.39, 0.29) is 102 Å². The van der Waals surface area contributed by atoms with Crippen molar-refractivity contribution >= 4 is 17.9 Å². The van der Waals surface area contributed by atoms with Crippen molar-refractivity contribution in [1.29, 1.82) is 0 Å². The van der Waals surface area contributed by atoms with E-state index < -0.39 is 36.3 Å². The van der Waals surface area contributed by atoms with E-state index in [1.165, 1.54) is 0 Å². The number of carboxylic acid groups (broad SMARTS) is 3. The third-order valence-corrected chi connectivity index (χ3v) is 1.89. The van der Waals surface area contributed by atoms with Gasteiger partial charge in [-0.25, -0.2) is 0 Å². The number of nitrogens with one attached hydrogen (secondary N) is 1. The molecule has 0 radical (unpaired) electrons. The second kappa shape index (κ2) is 14.3. The molecule has 0 aromatic rings. The van der Waals surface area contributed by atoms with Gasteiger partial charge in [0.1, 0.15) is 0 Å². The average Bonchev–Trinajstić information content (AvgIpc) is 2.11. The molecule has 0 saturated carbocycles. The molecular formula is C8H11N2Na3O6. The summed E-state index contributed by atoms with van der Waals surface area (Å²) < 4.78 is 0. The Kier molecular flexibility index (Phi) is 21.4. The van der Waals surface area contributed by atoms with E-state index in [4.69, 9.17) is 5.73 Å². The fourth-order valence-electron chi connectivity index (χ4n) is 1.21. The fraction of sp³-hybridized carbons (Fsp3) is 0.625. The number of hydrogen-bond acceptors (Lipinski definition) is 8. The van der Waals surface area contributed by atoms with E-state index in [2.05, 4.69) is 5.32 Å². The third-order valence-electron chi connectivity index (χ3n) is 1.89. The minimum absolute atomic E-state index is 0.